The number of nitrogens with zero attached hydrogens (tertiary/aromatic N) is 1. The third-order valence-corrected chi connectivity index (χ3v) is 7.43. The van der Waals surface area contributed by atoms with Crippen LogP contribution < -0.4 is 24.4 Å². The highest BCUT2D eigenvalue weighted by Crippen LogP contribution is 2.49. The van der Waals surface area contributed by atoms with Gasteiger partial charge in [0.25, 0.3) is 0 Å². The number of rotatable bonds is 7. The Kier molecular flexibility index (Phi) is 7.74. The smallest absolute Gasteiger partial charge is 0.244 e. The number of para-hydroxylation sites is 1. The molecule has 1 unspecified atom stereocenters. The molecule has 3 aromatic carbocycles. The number of hydrogen-bond donors (Lipinski definition) is 1. The fourth-order valence-corrected chi connectivity index (χ4v) is 5.57. The minimum absolute atomic E-state index is 0.0777. The summed E-state index contributed by atoms with van der Waals surface area (Å²) < 4.78 is 16.5. The van der Waals surface area contributed by atoms with E-state index in [-0.39, 0.29) is 30.0 Å². The minimum Gasteiger partial charge on any atom is -0.493 e. The number of ether oxygens (including phenoxy) is 3. The molecule has 0 saturated carbocycles. The lowest BCUT2D eigenvalue weighted by Crippen LogP contribution is -2.38. The Morgan fingerprint density at radius 2 is 1.69 bits per heavy atom. The third kappa shape index (κ3) is 5.28. The van der Waals surface area contributed by atoms with E-state index in [0.29, 0.717) is 17.2 Å². The predicted octanol–water partition coefficient (Wildman–Crippen LogP) is 5.54. The normalized spacial score (nSPS) is 15.1. The average Bonchev–Trinajstić information content (AvgIpc) is 3.01. The van der Waals surface area contributed by atoms with Crippen molar-refractivity contribution in [1.82, 2.24) is 0 Å². The molecule has 0 radical (unpaired) electrons. The second-order valence-electron chi connectivity index (χ2n) is 8.58. The van der Waals surface area contributed by atoms with Gasteiger partial charge >= 0.3 is 0 Å². The zero-order valence-electron chi connectivity index (χ0n) is 21.1. The lowest BCUT2D eigenvalue weighted by molar-refractivity contribution is -0.121. The lowest BCUT2D eigenvalue weighted by atomic mass is 10.1. The number of anilines is 2. The molecule has 0 aromatic heterocycles. The first-order valence-electron chi connectivity index (χ1n) is 11.6. The summed E-state index contributed by atoms with van der Waals surface area (Å²) in [5, 5.41) is 2.75. The van der Waals surface area contributed by atoms with Crippen LogP contribution in [0.1, 0.15) is 28.4 Å². The maximum absolute atomic E-state index is 13.5. The Morgan fingerprint density at radius 3 is 2.33 bits per heavy atom. The first kappa shape index (κ1) is 25.4. The second kappa shape index (κ2) is 11.0. The summed E-state index contributed by atoms with van der Waals surface area (Å²) in [6.45, 7) is 3.88. The highest BCUT2D eigenvalue weighted by Gasteiger charge is 2.31. The van der Waals surface area contributed by atoms with E-state index in [1.54, 1.807) is 38.0 Å². The zero-order valence-corrected chi connectivity index (χ0v) is 21.9. The van der Waals surface area contributed by atoms with Gasteiger partial charge in [-0.2, -0.15) is 0 Å². The highest BCUT2D eigenvalue weighted by atomic mass is 32.2. The second-order valence-corrected chi connectivity index (χ2v) is 9.83. The monoisotopic (exact) mass is 506 g/mol. The SMILES string of the molecule is COc1cc(C2CC(=O)N(CC(=O)Nc3ccc(C)cc3C)c3ccccc3S2)cc(OC)c1OC. The van der Waals surface area contributed by atoms with Crippen molar-refractivity contribution in [1.29, 1.82) is 0 Å². The van der Waals surface area contributed by atoms with Gasteiger partial charge in [0.1, 0.15) is 6.54 Å². The molecule has 2 amide bonds. The van der Waals surface area contributed by atoms with Crippen molar-refractivity contribution < 1.29 is 23.8 Å². The number of nitrogens with one attached hydrogen (secondary N) is 1. The predicted molar refractivity (Wildman–Crippen MR) is 143 cm³/mol. The van der Waals surface area contributed by atoms with Crippen LogP contribution in [0.15, 0.2) is 59.5 Å². The van der Waals surface area contributed by atoms with Crippen molar-refractivity contribution in [3.63, 3.8) is 0 Å². The van der Waals surface area contributed by atoms with Gasteiger partial charge in [0.05, 0.1) is 27.0 Å². The minimum atomic E-state index is -0.249. The molecular weight excluding hydrogens is 476 g/mol. The Balaban J connectivity index is 1.63. The number of hydrogen-bond acceptors (Lipinski definition) is 6. The maximum atomic E-state index is 13.5. The van der Waals surface area contributed by atoms with Crippen LogP contribution in [-0.4, -0.2) is 39.7 Å². The standard InChI is InChI=1S/C28H30N2O5S/c1-17-10-11-20(18(2)12-17)29-26(31)16-30-21-8-6-7-9-24(21)36-25(15-27(30)32)19-13-22(33-3)28(35-5)23(14-19)34-4/h6-14,25H,15-16H2,1-5H3,(H,29,31). The van der Waals surface area contributed by atoms with Crippen LogP contribution in [0.2, 0.25) is 0 Å². The van der Waals surface area contributed by atoms with E-state index in [0.717, 1.165) is 33.0 Å². The summed E-state index contributed by atoms with van der Waals surface area (Å²) in [4.78, 5) is 29.0. The van der Waals surface area contributed by atoms with Gasteiger partial charge in [-0.1, -0.05) is 29.8 Å². The number of aryl methyl sites for hydroxylation is 2. The number of methoxy groups -OCH3 is 3. The van der Waals surface area contributed by atoms with Gasteiger partial charge in [-0.15, -0.1) is 11.8 Å². The Hall–Kier alpha value is -3.65. The summed E-state index contributed by atoms with van der Waals surface area (Å²) in [6, 6.07) is 17.3. The van der Waals surface area contributed by atoms with E-state index in [4.69, 9.17) is 14.2 Å². The van der Waals surface area contributed by atoms with E-state index in [2.05, 4.69) is 5.32 Å². The number of amides is 2. The molecule has 7 nitrogen and oxygen atoms in total. The van der Waals surface area contributed by atoms with Crippen molar-refractivity contribution in [3.05, 3.63) is 71.3 Å². The van der Waals surface area contributed by atoms with Gasteiger partial charge < -0.3 is 24.4 Å². The Bertz CT molecular complexity index is 1270. The van der Waals surface area contributed by atoms with E-state index >= 15 is 0 Å². The van der Waals surface area contributed by atoms with Gasteiger partial charge in [0, 0.05) is 22.3 Å². The molecule has 1 heterocycles. The van der Waals surface area contributed by atoms with E-state index in [1.165, 1.54) is 0 Å². The lowest BCUT2D eigenvalue weighted by Gasteiger charge is -2.22. The van der Waals surface area contributed by atoms with Crippen LogP contribution >= 0.6 is 11.8 Å². The first-order valence-corrected chi connectivity index (χ1v) is 12.5. The molecule has 0 bridgehead atoms. The van der Waals surface area contributed by atoms with Crippen molar-refractivity contribution in [2.75, 3.05) is 38.1 Å². The molecule has 1 atom stereocenters. The molecule has 0 spiro atoms. The number of fused-ring (bicyclic) bond motifs is 1. The van der Waals surface area contributed by atoms with Crippen molar-refractivity contribution in [3.8, 4) is 17.2 Å². The molecular formula is C28H30N2O5S. The molecule has 0 saturated heterocycles. The molecule has 1 aliphatic heterocycles. The summed E-state index contributed by atoms with van der Waals surface area (Å²) in [6.07, 6.45) is 0.203. The molecule has 0 aliphatic carbocycles. The molecule has 1 aliphatic rings. The molecule has 36 heavy (non-hydrogen) atoms. The molecule has 4 rings (SSSR count). The quantitative estimate of drug-likeness (QED) is 0.454. The molecule has 1 N–H and O–H groups in total. The van der Waals surface area contributed by atoms with Gasteiger partial charge in [-0.05, 0) is 55.3 Å². The van der Waals surface area contributed by atoms with E-state index in [1.807, 2.05) is 68.4 Å². The number of thioether (sulfide) groups is 1. The van der Waals surface area contributed by atoms with Gasteiger partial charge in [0.2, 0.25) is 17.6 Å². The molecule has 188 valence electrons. The zero-order chi connectivity index (χ0) is 25.8. The Labute approximate surface area is 215 Å². The van der Waals surface area contributed by atoms with Crippen molar-refractivity contribution >= 4 is 35.0 Å². The maximum Gasteiger partial charge on any atom is 0.244 e. The van der Waals surface area contributed by atoms with Crippen LogP contribution in [0.5, 0.6) is 17.2 Å². The van der Waals surface area contributed by atoms with Gasteiger partial charge in [-0.3, -0.25) is 9.59 Å². The third-order valence-electron chi connectivity index (χ3n) is 6.10. The summed E-state index contributed by atoms with van der Waals surface area (Å²) >= 11 is 1.58. The van der Waals surface area contributed by atoms with Crippen LogP contribution in [0.25, 0.3) is 0 Å². The topological polar surface area (TPSA) is 77.1 Å². The molecule has 8 heteroatoms. The largest absolute Gasteiger partial charge is 0.493 e. The Morgan fingerprint density at radius 1 is 1.00 bits per heavy atom. The summed E-state index contributed by atoms with van der Waals surface area (Å²) in [5.74, 6) is 1.17. The number of carbonyl (C=O) groups is 2. The van der Waals surface area contributed by atoms with Gasteiger partial charge in [-0.25, -0.2) is 0 Å². The fourth-order valence-electron chi connectivity index (χ4n) is 4.31. The fraction of sp³-hybridized carbons (Fsp3) is 0.286. The average molecular weight is 507 g/mol. The van der Waals surface area contributed by atoms with Gasteiger partial charge in [0.15, 0.2) is 11.5 Å². The van der Waals surface area contributed by atoms with E-state index in [9.17, 15) is 9.59 Å². The molecule has 0 fully saturated rings. The van der Waals surface area contributed by atoms with Crippen LogP contribution in [0, 0.1) is 13.8 Å². The number of carbonyl (C=O) groups excluding carboxylic acids is 2. The number of benzene rings is 3. The van der Waals surface area contributed by atoms with Crippen LogP contribution in [-0.2, 0) is 9.59 Å². The summed E-state index contributed by atoms with van der Waals surface area (Å²) in [5.41, 5.74) is 4.43. The van der Waals surface area contributed by atoms with Crippen molar-refractivity contribution in [2.24, 2.45) is 0 Å². The van der Waals surface area contributed by atoms with Crippen LogP contribution in [0.3, 0.4) is 0 Å². The first-order chi connectivity index (χ1) is 17.3. The van der Waals surface area contributed by atoms with E-state index < -0.39 is 0 Å². The highest BCUT2D eigenvalue weighted by molar-refractivity contribution is 7.99. The molecule has 3 aromatic rings. The summed E-state index contributed by atoms with van der Waals surface area (Å²) in [7, 11) is 4.69. The van der Waals surface area contributed by atoms with Crippen molar-refractivity contribution in [2.45, 2.75) is 30.4 Å². The van der Waals surface area contributed by atoms with Crippen LogP contribution in [0.4, 0.5) is 11.4 Å².